The summed E-state index contributed by atoms with van der Waals surface area (Å²) in [4.78, 5) is 33.7. The molecular formula is C17H15N3O2. The number of aliphatic imine (C=N–C) groups is 2. The molecule has 0 fully saturated rings. The lowest BCUT2D eigenvalue weighted by Crippen LogP contribution is -2.22. The van der Waals surface area contributed by atoms with E-state index in [0.717, 1.165) is 11.1 Å². The van der Waals surface area contributed by atoms with Gasteiger partial charge in [0, 0.05) is 11.1 Å². The minimum atomic E-state index is -0.239. The Bertz CT molecular complexity index is 783. The number of allylic oxidation sites excluding steroid dienone is 4. The van der Waals surface area contributed by atoms with Gasteiger partial charge in [-0.25, -0.2) is 9.98 Å². The van der Waals surface area contributed by atoms with Crippen molar-refractivity contribution < 1.29 is 9.59 Å². The van der Waals surface area contributed by atoms with Gasteiger partial charge in [-0.3, -0.25) is 9.59 Å². The molecule has 3 rings (SSSR count). The lowest BCUT2D eigenvalue weighted by molar-refractivity contribution is -0.118. The second-order valence-electron chi connectivity index (χ2n) is 5.41. The van der Waals surface area contributed by atoms with E-state index in [1.54, 1.807) is 29.2 Å². The molecule has 1 aromatic rings. The molecule has 0 unspecified atom stereocenters. The van der Waals surface area contributed by atoms with Gasteiger partial charge in [0.1, 0.15) is 0 Å². The minimum Gasteiger partial charge on any atom is -0.301 e. The van der Waals surface area contributed by atoms with E-state index in [1.807, 2.05) is 32.3 Å². The topological polar surface area (TPSA) is 62.1 Å². The van der Waals surface area contributed by atoms with Gasteiger partial charge in [0.2, 0.25) is 0 Å². The fourth-order valence-electron chi connectivity index (χ4n) is 2.43. The number of carbonyl (C=O) groups excluding carboxylic acids is 2. The van der Waals surface area contributed by atoms with Crippen LogP contribution in [0.1, 0.15) is 15.9 Å². The maximum absolute atomic E-state index is 12.0. The minimum absolute atomic E-state index is 0.206. The van der Waals surface area contributed by atoms with Crippen LogP contribution in [-0.2, 0) is 4.79 Å². The zero-order chi connectivity index (χ0) is 15.7. The first kappa shape index (κ1) is 14.3. The molecule has 0 aromatic heterocycles. The summed E-state index contributed by atoms with van der Waals surface area (Å²) in [5.74, 6) is -0.446. The molecule has 0 atom stereocenters. The molecule has 0 saturated carbocycles. The average Bonchev–Trinajstić information content (AvgIpc) is 2.47. The van der Waals surface area contributed by atoms with Crippen molar-refractivity contribution >= 4 is 28.8 Å². The number of hydrogen-bond donors (Lipinski definition) is 0. The number of hydrogen-bond acceptors (Lipinski definition) is 3. The van der Waals surface area contributed by atoms with Crippen LogP contribution in [0.2, 0.25) is 0 Å². The number of likely N-dealkylation sites (N-methyl/N-ethyl adjacent to an activating group) is 1. The van der Waals surface area contributed by atoms with E-state index in [9.17, 15) is 9.59 Å². The first-order valence-corrected chi connectivity index (χ1v) is 6.93. The van der Waals surface area contributed by atoms with Crippen LogP contribution in [0.25, 0.3) is 5.57 Å². The van der Waals surface area contributed by atoms with Gasteiger partial charge in [-0.05, 0) is 44.0 Å². The highest BCUT2D eigenvalue weighted by atomic mass is 16.2. The van der Waals surface area contributed by atoms with Gasteiger partial charge in [-0.2, -0.15) is 0 Å². The van der Waals surface area contributed by atoms with Crippen LogP contribution in [-0.4, -0.2) is 48.8 Å². The molecule has 1 aliphatic carbocycles. The fourth-order valence-corrected chi connectivity index (χ4v) is 2.43. The Morgan fingerprint density at radius 3 is 2.64 bits per heavy atom. The predicted molar refractivity (Wildman–Crippen MR) is 86.3 cm³/mol. The summed E-state index contributed by atoms with van der Waals surface area (Å²) >= 11 is 0. The van der Waals surface area contributed by atoms with E-state index in [2.05, 4.69) is 9.98 Å². The molecule has 0 saturated heterocycles. The molecule has 0 spiro atoms. The number of fused-ring (bicyclic) bond motifs is 3. The monoisotopic (exact) mass is 293 g/mol. The first-order valence-electron chi connectivity index (χ1n) is 6.93. The molecule has 5 nitrogen and oxygen atoms in total. The number of amides is 2. The van der Waals surface area contributed by atoms with Crippen LogP contribution >= 0.6 is 0 Å². The summed E-state index contributed by atoms with van der Waals surface area (Å²) in [7, 11) is 3.64. The summed E-state index contributed by atoms with van der Waals surface area (Å²) in [5, 5.41) is 0. The Hall–Kier alpha value is -2.66. The molecule has 0 N–H and O–H groups in total. The van der Waals surface area contributed by atoms with Crippen LogP contribution in [0.4, 0.5) is 0 Å². The van der Waals surface area contributed by atoms with Gasteiger partial charge in [-0.1, -0.05) is 18.2 Å². The quantitative estimate of drug-likeness (QED) is 0.781. The number of carbonyl (C=O) groups is 2. The predicted octanol–water partition coefficient (Wildman–Crippen LogP) is 1.76. The summed E-state index contributed by atoms with van der Waals surface area (Å²) < 4.78 is 0. The SMILES string of the molecule is CN(C)CC(=O)N=C1C=CC2=NC(=O)c3ccccc3C2=C1. The molecule has 2 aliphatic rings. The highest BCUT2D eigenvalue weighted by Crippen LogP contribution is 2.28. The zero-order valence-electron chi connectivity index (χ0n) is 12.4. The standard InChI is InChI=1S/C17H15N3O2/c1-20(2)10-16(21)18-11-7-8-15-14(9-11)12-5-3-4-6-13(12)17(22)19-15/h3-9H,10H2,1-2H3. The molecular weight excluding hydrogens is 278 g/mol. The van der Waals surface area contributed by atoms with Gasteiger partial charge < -0.3 is 4.90 Å². The maximum Gasteiger partial charge on any atom is 0.278 e. The Kier molecular flexibility index (Phi) is 3.65. The van der Waals surface area contributed by atoms with Crippen molar-refractivity contribution in [2.24, 2.45) is 9.98 Å². The van der Waals surface area contributed by atoms with Crippen LogP contribution in [0.15, 0.2) is 52.5 Å². The van der Waals surface area contributed by atoms with Crippen LogP contribution in [0.5, 0.6) is 0 Å². The Balaban J connectivity index is 2.00. The third kappa shape index (κ3) is 2.71. The molecule has 1 heterocycles. The van der Waals surface area contributed by atoms with Gasteiger partial charge in [-0.15, -0.1) is 0 Å². The summed E-state index contributed by atoms with van der Waals surface area (Å²) in [5.41, 5.74) is 3.42. The lowest BCUT2D eigenvalue weighted by Gasteiger charge is -2.19. The zero-order valence-corrected chi connectivity index (χ0v) is 12.4. The first-order chi connectivity index (χ1) is 10.5. The third-order valence-electron chi connectivity index (χ3n) is 3.36. The van der Waals surface area contributed by atoms with Gasteiger partial charge in [0.15, 0.2) is 0 Å². The summed E-state index contributed by atoms with van der Waals surface area (Å²) in [6.07, 6.45) is 5.24. The lowest BCUT2D eigenvalue weighted by atomic mass is 9.89. The van der Waals surface area contributed by atoms with E-state index in [0.29, 0.717) is 17.0 Å². The van der Waals surface area contributed by atoms with E-state index in [4.69, 9.17) is 0 Å². The van der Waals surface area contributed by atoms with Gasteiger partial charge in [0.25, 0.3) is 11.8 Å². The van der Waals surface area contributed by atoms with Crippen molar-refractivity contribution in [3.8, 4) is 0 Å². The van der Waals surface area contributed by atoms with Crippen molar-refractivity contribution in [2.75, 3.05) is 20.6 Å². The van der Waals surface area contributed by atoms with Gasteiger partial charge >= 0.3 is 0 Å². The number of rotatable bonds is 2. The molecule has 2 amide bonds. The van der Waals surface area contributed by atoms with E-state index >= 15 is 0 Å². The molecule has 5 heteroatoms. The second-order valence-corrected chi connectivity index (χ2v) is 5.41. The highest BCUT2D eigenvalue weighted by molar-refractivity contribution is 6.41. The van der Waals surface area contributed by atoms with Crippen LogP contribution < -0.4 is 0 Å². The summed E-state index contributed by atoms with van der Waals surface area (Å²) in [6, 6.07) is 7.32. The van der Waals surface area contributed by atoms with Crippen molar-refractivity contribution in [2.45, 2.75) is 0 Å². The second kappa shape index (κ2) is 5.61. The normalized spacial score (nSPS) is 18.0. The molecule has 1 aliphatic heterocycles. The van der Waals surface area contributed by atoms with Crippen molar-refractivity contribution in [1.29, 1.82) is 0 Å². The highest BCUT2D eigenvalue weighted by Gasteiger charge is 2.24. The molecule has 0 bridgehead atoms. The number of benzene rings is 1. The van der Waals surface area contributed by atoms with E-state index in [1.165, 1.54) is 0 Å². The van der Waals surface area contributed by atoms with E-state index in [-0.39, 0.29) is 18.4 Å². The molecule has 22 heavy (non-hydrogen) atoms. The molecule has 0 radical (unpaired) electrons. The largest absolute Gasteiger partial charge is 0.301 e. The summed E-state index contributed by atoms with van der Waals surface area (Å²) in [6.45, 7) is 0.260. The van der Waals surface area contributed by atoms with Crippen LogP contribution in [0, 0.1) is 0 Å². The average molecular weight is 293 g/mol. The maximum atomic E-state index is 12.0. The van der Waals surface area contributed by atoms with Crippen LogP contribution in [0.3, 0.4) is 0 Å². The molecule has 110 valence electrons. The Morgan fingerprint density at radius 1 is 1.18 bits per heavy atom. The Morgan fingerprint density at radius 2 is 1.91 bits per heavy atom. The van der Waals surface area contributed by atoms with Crippen molar-refractivity contribution in [3.05, 3.63) is 53.6 Å². The smallest absolute Gasteiger partial charge is 0.278 e. The van der Waals surface area contributed by atoms with E-state index < -0.39 is 0 Å². The van der Waals surface area contributed by atoms with Gasteiger partial charge in [0.05, 0.1) is 18.0 Å². The van der Waals surface area contributed by atoms with Crippen molar-refractivity contribution in [3.63, 3.8) is 0 Å². The third-order valence-corrected chi connectivity index (χ3v) is 3.36. The molecule has 1 aromatic carbocycles. The fraction of sp³-hybridized carbons (Fsp3) is 0.176. The number of nitrogens with zero attached hydrogens (tertiary/aromatic N) is 3. The Labute approximate surface area is 128 Å². The van der Waals surface area contributed by atoms with Crippen molar-refractivity contribution in [1.82, 2.24) is 4.90 Å².